The van der Waals surface area contributed by atoms with Gasteiger partial charge in [0.2, 0.25) is 5.91 Å². The van der Waals surface area contributed by atoms with Gasteiger partial charge >= 0.3 is 5.97 Å². The molecule has 0 unspecified atom stereocenters. The van der Waals surface area contributed by atoms with Crippen LogP contribution in [0.2, 0.25) is 0 Å². The van der Waals surface area contributed by atoms with Gasteiger partial charge in [-0.25, -0.2) is 9.79 Å². The number of esters is 1. The van der Waals surface area contributed by atoms with Crippen molar-refractivity contribution in [3.8, 4) is 0 Å². The van der Waals surface area contributed by atoms with Crippen LogP contribution in [0, 0.1) is 0 Å². The zero-order chi connectivity index (χ0) is 22.5. The average molecular weight is 449 g/mol. The van der Waals surface area contributed by atoms with E-state index in [0.29, 0.717) is 24.2 Å². The Balaban J connectivity index is 1.61. The molecule has 8 heteroatoms. The number of hydrogen-bond donors (Lipinski definition) is 1. The lowest BCUT2D eigenvalue weighted by molar-refractivity contribution is -0.136. The number of allylic oxidation sites excluding steroid dienone is 1. The molecule has 0 saturated heterocycles. The summed E-state index contributed by atoms with van der Waals surface area (Å²) >= 11 is 1.47. The first-order valence-electron chi connectivity index (χ1n) is 10.4. The summed E-state index contributed by atoms with van der Waals surface area (Å²) in [7, 11) is 1.38. The number of ether oxygens (including phenoxy) is 1. The fraction of sp³-hybridized carbons (Fsp3) is 0.250. The van der Waals surface area contributed by atoms with E-state index in [4.69, 9.17) is 9.73 Å². The zero-order valence-corrected chi connectivity index (χ0v) is 18.8. The second-order valence-corrected chi connectivity index (χ2v) is 8.16. The molecule has 2 aliphatic heterocycles. The molecule has 0 saturated carbocycles. The summed E-state index contributed by atoms with van der Waals surface area (Å²) < 4.78 is 5.12. The number of amides is 1. The van der Waals surface area contributed by atoms with E-state index in [9.17, 15) is 9.59 Å². The number of carbonyl (C=O) groups excluding carboxylic acids is 2. The Morgan fingerprint density at radius 3 is 2.59 bits per heavy atom. The first-order valence-corrected chi connectivity index (χ1v) is 11.3. The molecular weight excluding hydrogens is 424 g/mol. The number of rotatable bonds is 7. The molecule has 4 rings (SSSR count). The van der Waals surface area contributed by atoms with Crippen LogP contribution in [0.3, 0.4) is 0 Å². The van der Waals surface area contributed by atoms with Crippen LogP contribution >= 0.6 is 11.8 Å². The number of benzene rings is 1. The van der Waals surface area contributed by atoms with Gasteiger partial charge in [0.15, 0.2) is 5.17 Å². The Morgan fingerprint density at radius 1 is 1.16 bits per heavy atom. The highest BCUT2D eigenvalue weighted by Gasteiger charge is 2.41. The number of nitrogens with zero attached hydrogens (tertiary/aromatic N) is 3. The molecule has 0 radical (unpaired) electrons. The van der Waals surface area contributed by atoms with Crippen molar-refractivity contribution < 1.29 is 14.3 Å². The van der Waals surface area contributed by atoms with Crippen LogP contribution < -0.4 is 5.32 Å². The molecule has 164 valence electrons. The van der Waals surface area contributed by atoms with Crippen molar-refractivity contribution >= 4 is 28.8 Å². The molecule has 1 amide bonds. The number of thioether (sulfide) groups is 1. The second kappa shape index (κ2) is 9.82. The van der Waals surface area contributed by atoms with E-state index in [0.717, 1.165) is 22.0 Å². The number of methoxy groups -OCH3 is 1. The summed E-state index contributed by atoms with van der Waals surface area (Å²) in [6.45, 7) is 2.40. The number of carbonyl (C=O) groups is 2. The van der Waals surface area contributed by atoms with Gasteiger partial charge < -0.3 is 15.0 Å². The fourth-order valence-corrected chi connectivity index (χ4v) is 4.73. The van der Waals surface area contributed by atoms with Crippen molar-refractivity contribution in [3.63, 3.8) is 0 Å². The molecule has 7 nitrogen and oxygen atoms in total. The molecule has 1 aromatic heterocycles. The summed E-state index contributed by atoms with van der Waals surface area (Å²) in [5.74, 6) is -0.511. The summed E-state index contributed by atoms with van der Waals surface area (Å²) in [6.07, 6.45) is 4.18. The van der Waals surface area contributed by atoms with E-state index in [1.54, 1.807) is 12.4 Å². The zero-order valence-electron chi connectivity index (χ0n) is 17.9. The van der Waals surface area contributed by atoms with Gasteiger partial charge in [0.25, 0.3) is 0 Å². The monoisotopic (exact) mass is 448 g/mol. The summed E-state index contributed by atoms with van der Waals surface area (Å²) in [5.41, 5.74) is 3.94. The van der Waals surface area contributed by atoms with Crippen LogP contribution in [-0.2, 0) is 20.9 Å². The van der Waals surface area contributed by atoms with Gasteiger partial charge in [0.1, 0.15) is 0 Å². The van der Waals surface area contributed by atoms with Crippen molar-refractivity contribution in [2.45, 2.75) is 32.4 Å². The summed E-state index contributed by atoms with van der Waals surface area (Å²) in [5, 5.41) is 5.66. The molecule has 32 heavy (non-hydrogen) atoms. The fourth-order valence-electron chi connectivity index (χ4n) is 3.79. The van der Waals surface area contributed by atoms with E-state index in [1.807, 2.05) is 59.7 Å². The molecule has 3 heterocycles. The molecule has 1 aromatic carbocycles. The predicted octanol–water partition coefficient (Wildman–Crippen LogP) is 3.93. The van der Waals surface area contributed by atoms with Gasteiger partial charge in [0, 0.05) is 24.6 Å². The topological polar surface area (TPSA) is 83.9 Å². The SMILES string of the molecule is CCC1=C(C(=O)OC)[C@@H](c2ccccc2)N2C(CC(=O)NCc3ccncc3)=CSC2=N1. The maximum Gasteiger partial charge on any atom is 0.338 e. The molecule has 2 aromatic rings. The maximum atomic E-state index is 12.8. The Labute approximate surface area is 191 Å². The molecule has 0 bridgehead atoms. The van der Waals surface area contributed by atoms with Crippen molar-refractivity contribution in [3.05, 3.63) is 88.4 Å². The molecule has 0 spiro atoms. The average Bonchev–Trinajstić information content (AvgIpc) is 3.24. The lowest BCUT2D eigenvalue weighted by Crippen LogP contribution is -2.38. The normalized spacial score (nSPS) is 17.4. The van der Waals surface area contributed by atoms with Gasteiger partial charge in [0.05, 0.1) is 30.8 Å². The van der Waals surface area contributed by atoms with Crippen LogP contribution in [0.25, 0.3) is 0 Å². The minimum absolute atomic E-state index is 0.105. The predicted molar refractivity (Wildman–Crippen MR) is 124 cm³/mol. The van der Waals surface area contributed by atoms with Crippen LogP contribution in [0.5, 0.6) is 0 Å². The van der Waals surface area contributed by atoms with Gasteiger partial charge in [-0.05, 0) is 35.1 Å². The first kappa shape index (κ1) is 21.8. The van der Waals surface area contributed by atoms with Gasteiger partial charge in [-0.15, -0.1) is 0 Å². The number of amidine groups is 1. The van der Waals surface area contributed by atoms with Crippen LogP contribution in [-0.4, -0.2) is 34.0 Å². The molecule has 2 aliphatic rings. The largest absolute Gasteiger partial charge is 0.466 e. The molecular formula is C24H24N4O3S. The van der Waals surface area contributed by atoms with E-state index in [2.05, 4.69) is 10.3 Å². The lowest BCUT2D eigenvalue weighted by atomic mass is 9.93. The molecule has 1 atom stereocenters. The Kier molecular flexibility index (Phi) is 6.70. The van der Waals surface area contributed by atoms with Gasteiger partial charge in [-0.2, -0.15) is 0 Å². The number of fused-ring (bicyclic) bond motifs is 1. The number of hydrogen-bond acceptors (Lipinski definition) is 7. The number of nitrogens with one attached hydrogen (secondary N) is 1. The van der Waals surface area contributed by atoms with Crippen molar-refractivity contribution in [1.82, 2.24) is 15.2 Å². The van der Waals surface area contributed by atoms with Gasteiger partial charge in [-0.3, -0.25) is 9.78 Å². The minimum atomic E-state index is -0.406. The van der Waals surface area contributed by atoms with Crippen LogP contribution in [0.4, 0.5) is 0 Å². The lowest BCUT2D eigenvalue weighted by Gasteiger charge is -2.36. The highest BCUT2D eigenvalue weighted by Crippen LogP contribution is 2.45. The third kappa shape index (κ3) is 4.45. The Bertz CT molecular complexity index is 1100. The third-order valence-corrected chi connectivity index (χ3v) is 6.21. The van der Waals surface area contributed by atoms with E-state index >= 15 is 0 Å². The number of aliphatic imine (C=N–C) groups is 1. The molecule has 0 aliphatic carbocycles. The molecule has 0 fully saturated rings. The van der Waals surface area contributed by atoms with E-state index in [-0.39, 0.29) is 12.3 Å². The van der Waals surface area contributed by atoms with Crippen molar-refractivity contribution in [1.29, 1.82) is 0 Å². The van der Waals surface area contributed by atoms with Crippen molar-refractivity contribution in [2.24, 2.45) is 4.99 Å². The molecule has 1 N–H and O–H groups in total. The Morgan fingerprint density at radius 2 is 1.91 bits per heavy atom. The van der Waals surface area contributed by atoms with E-state index < -0.39 is 12.0 Å². The van der Waals surface area contributed by atoms with Gasteiger partial charge in [-0.1, -0.05) is 49.0 Å². The van der Waals surface area contributed by atoms with Crippen LogP contribution in [0.15, 0.2) is 82.2 Å². The summed E-state index contributed by atoms with van der Waals surface area (Å²) in [4.78, 5) is 36.3. The number of aromatic nitrogens is 1. The van der Waals surface area contributed by atoms with Crippen LogP contribution in [0.1, 0.15) is 36.9 Å². The van der Waals surface area contributed by atoms with E-state index in [1.165, 1.54) is 18.9 Å². The highest BCUT2D eigenvalue weighted by atomic mass is 32.2. The quantitative estimate of drug-likeness (QED) is 0.647. The second-order valence-electron chi connectivity index (χ2n) is 7.32. The highest BCUT2D eigenvalue weighted by molar-refractivity contribution is 8.16. The smallest absolute Gasteiger partial charge is 0.338 e. The maximum absolute atomic E-state index is 12.8. The Hall–Kier alpha value is -3.39. The standard InChI is InChI=1S/C24H24N4O3S/c1-3-19-21(23(30)31-2)22(17-7-5-4-6-8-17)28-18(15-32-24(28)27-19)13-20(29)26-14-16-9-11-25-12-10-16/h4-12,15,22H,3,13-14H2,1-2H3,(H,26,29)/t22-/m1/s1. The minimum Gasteiger partial charge on any atom is -0.466 e. The third-order valence-electron chi connectivity index (χ3n) is 5.33. The van der Waals surface area contributed by atoms with Crippen molar-refractivity contribution in [2.75, 3.05) is 7.11 Å². The summed E-state index contributed by atoms with van der Waals surface area (Å²) in [6, 6.07) is 13.1. The number of pyridine rings is 1. The first-order chi connectivity index (χ1) is 15.6.